The second-order valence-corrected chi connectivity index (χ2v) is 5.73. The Kier molecular flexibility index (Phi) is 3.61. The topological polar surface area (TPSA) is 20.3 Å². The molecule has 2 nitrogen and oxygen atoms in total. The summed E-state index contributed by atoms with van der Waals surface area (Å²) in [6.07, 6.45) is 1.84. The molecule has 1 aliphatic heterocycles. The normalized spacial score (nSPS) is 16.8. The van der Waals surface area contributed by atoms with Crippen LogP contribution in [0.2, 0.25) is 0 Å². The maximum atomic E-state index is 12.7. The van der Waals surface area contributed by atoms with E-state index < -0.39 is 0 Å². The van der Waals surface area contributed by atoms with Crippen molar-refractivity contribution < 1.29 is 4.79 Å². The van der Waals surface area contributed by atoms with Gasteiger partial charge in [-0.15, -0.1) is 6.58 Å². The van der Waals surface area contributed by atoms with Gasteiger partial charge in [0.1, 0.15) is 5.37 Å². The Morgan fingerprint density at radius 3 is 2.60 bits per heavy atom. The molecule has 3 heteroatoms. The molecule has 0 bridgehead atoms. The second-order valence-electron chi connectivity index (χ2n) is 4.61. The predicted molar refractivity (Wildman–Crippen MR) is 84.4 cm³/mol. The van der Waals surface area contributed by atoms with Crippen LogP contribution < -0.4 is 4.90 Å². The molecular weight excluding hydrogens is 266 g/mol. The average Bonchev–Trinajstić information content (AvgIpc) is 2.87. The lowest BCUT2D eigenvalue weighted by Crippen LogP contribution is -2.35. The zero-order valence-electron chi connectivity index (χ0n) is 11.0. The number of carbonyl (C=O) groups is 1. The third kappa shape index (κ3) is 2.25. The largest absolute Gasteiger partial charge is 0.348 e. The van der Waals surface area contributed by atoms with E-state index in [0.29, 0.717) is 6.54 Å². The summed E-state index contributed by atoms with van der Waals surface area (Å²) in [5, 5.41) is -0.201. The van der Waals surface area contributed by atoms with Crippen LogP contribution in [0.5, 0.6) is 0 Å². The van der Waals surface area contributed by atoms with Crippen molar-refractivity contribution in [3.05, 3.63) is 72.8 Å². The number of benzene rings is 2. The van der Waals surface area contributed by atoms with Crippen LogP contribution in [0.1, 0.15) is 10.4 Å². The Labute approximate surface area is 123 Å². The van der Waals surface area contributed by atoms with Gasteiger partial charge in [0.05, 0.1) is 5.69 Å². The van der Waals surface area contributed by atoms with Gasteiger partial charge in [-0.25, -0.2) is 0 Å². The zero-order valence-corrected chi connectivity index (χ0v) is 11.8. The number of nitrogens with zero attached hydrogens (tertiary/aromatic N) is 1. The van der Waals surface area contributed by atoms with Crippen LogP contribution in [0.15, 0.2) is 72.1 Å². The molecule has 2 aromatic carbocycles. The van der Waals surface area contributed by atoms with Crippen molar-refractivity contribution in [2.45, 2.75) is 10.3 Å². The fourth-order valence-corrected chi connectivity index (χ4v) is 3.65. The molecule has 0 saturated carbocycles. The van der Waals surface area contributed by atoms with E-state index in [9.17, 15) is 4.79 Å². The minimum absolute atomic E-state index is 0.147. The van der Waals surface area contributed by atoms with Crippen molar-refractivity contribution in [1.82, 2.24) is 0 Å². The maximum absolute atomic E-state index is 12.7. The highest BCUT2D eigenvalue weighted by Crippen LogP contribution is 2.44. The summed E-state index contributed by atoms with van der Waals surface area (Å²) in [4.78, 5) is 16.0. The first-order chi connectivity index (χ1) is 9.81. The van der Waals surface area contributed by atoms with Crippen LogP contribution in [0.3, 0.4) is 0 Å². The van der Waals surface area contributed by atoms with Gasteiger partial charge < -0.3 is 4.90 Å². The highest BCUT2D eigenvalue weighted by molar-refractivity contribution is 8.01. The number of anilines is 1. The van der Waals surface area contributed by atoms with Crippen LogP contribution in [-0.4, -0.2) is 17.7 Å². The number of hydrogen-bond donors (Lipinski definition) is 0. The summed E-state index contributed by atoms with van der Waals surface area (Å²) >= 11 is 1.62. The highest BCUT2D eigenvalue weighted by atomic mass is 32.2. The minimum Gasteiger partial charge on any atom is -0.348 e. The van der Waals surface area contributed by atoms with Crippen LogP contribution >= 0.6 is 11.8 Å². The highest BCUT2D eigenvalue weighted by Gasteiger charge is 2.34. The molecule has 2 aromatic rings. The molecule has 0 fully saturated rings. The van der Waals surface area contributed by atoms with Crippen LogP contribution in [0.25, 0.3) is 0 Å². The summed E-state index contributed by atoms with van der Waals surface area (Å²) in [5.41, 5.74) is 1.87. The van der Waals surface area contributed by atoms with E-state index >= 15 is 0 Å². The molecule has 1 heterocycles. The molecule has 0 aromatic heterocycles. The number of ketones is 1. The molecule has 0 radical (unpaired) electrons. The second kappa shape index (κ2) is 5.55. The molecule has 1 aliphatic rings. The van der Waals surface area contributed by atoms with E-state index in [1.807, 2.05) is 48.5 Å². The van der Waals surface area contributed by atoms with E-state index in [0.717, 1.165) is 16.1 Å². The Morgan fingerprint density at radius 1 is 1.15 bits per heavy atom. The van der Waals surface area contributed by atoms with Gasteiger partial charge in [0.15, 0.2) is 5.78 Å². The number of para-hydroxylation sites is 1. The number of Topliss-reactive ketones (excluding diaryl/α,β-unsaturated/α-hetero) is 1. The molecule has 0 amide bonds. The van der Waals surface area contributed by atoms with Gasteiger partial charge in [0.25, 0.3) is 0 Å². The van der Waals surface area contributed by atoms with Crippen LogP contribution in [0.4, 0.5) is 5.69 Å². The SMILES string of the molecule is C=CCN1c2ccccc2SC1C(=O)c1ccccc1. The monoisotopic (exact) mass is 281 g/mol. The summed E-state index contributed by atoms with van der Waals surface area (Å²) in [6.45, 7) is 4.48. The Hall–Kier alpha value is -2.00. The minimum atomic E-state index is -0.201. The molecular formula is C17H15NOS. The van der Waals surface area contributed by atoms with Gasteiger partial charge in [0, 0.05) is 17.0 Å². The standard InChI is InChI=1S/C17H15NOS/c1-2-12-18-14-10-6-7-11-15(14)20-17(18)16(19)13-8-4-3-5-9-13/h2-11,17H,1,12H2. The van der Waals surface area contributed by atoms with Gasteiger partial charge in [-0.2, -0.15) is 0 Å². The van der Waals surface area contributed by atoms with Gasteiger partial charge in [-0.05, 0) is 12.1 Å². The molecule has 20 heavy (non-hydrogen) atoms. The van der Waals surface area contributed by atoms with Crippen LogP contribution in [0, 0.1) is 0 Å². The first-order valence-corrected chi connectivity index (χ1v) is 7.41. The van der Waals surface area contributed by atoms with E-state index in [1.54, 1.807) is 11.8 Å². The lowest BCUT2D eigenvalue weighted by molar-refractivity contribution is 0.0989. The maximum Gasteiger partial charge on any atom is 0.195 e. The molecule has 1 unspecified atom stereocenters. The quantitative estimate of drug-likeness (QED) is 0.624. The Balaban J connectivity index is 1.94. The number of rotatable bonds is 4. The summed E-state index contributed by atoms with van der Waals surface area (Å²) < 4.78 is 0. The first-order valence-electron chi connectivity index (χ1n) is 6.54. The summed E-state index contributed by atoms with van der Waals surface area (Å²) in [7, 11) is 0. The third-order valence-electron chi connectivity index (χ3n) is 3.30. The molecule has 0 saturated heterocycles. The van der Waals surface area contributed by atoms with Gasteiger partial charge in [-0.3, -0.25) is 4.79 Å². The van der Waals surface area contributed by atoms with Crippen molar-refractivity contribution in [2.24, 2.45) is 0 Å². The predicted octanol–water partition coefficient (Wildman–Crippen LogP) is 3.99. The van der Waals surface area contributed by atoms with Crippen molar-refractivity contribution in [1.29, 1.82) is 0 Å². The summed E-state index contributed by atoms with van der Waals surface area (Å²) in [6, 6.07) is 17.6. The van der Waals surface area contributed by atoms with Crippen LogP contribution in [-0.2, 0) is 0 Å². The number of thioether (sulfide) groups is 1. The van der Waals surface area contributed by atoms with E-state index in [4.69, 9.17) is 0 Å². The van der Waals surface area contributed by atoms with E-state index in [1.165, 1.54) is 0 Å². The lowest BCUT2D eigenvalue weighted by atomic mass is 10.1. The molecule has 1 atom stereocenters. The van der Waals surface area contributed by atoms with Crippen molar-refractivity contribution in [2.75, 3.05) is 11.4 Å². The van der Waals surface area contributed by atoms with Gasteiger partial charge >= 0.3 is 0 Å². The Bertz CT molecular complexity index is 638. The molecule has 0 spiro atoms. The third-order valence-corrected chi connectivity index (χ3v) is 4.60. The zero-order chi connectivity index (χ0) is 13.9. The van der Waals surface area contributed by atoms with Crippen molar-refractivity contribution in [3.8, 4) is 0 Å². The number of hydrogen-bond acceptors (Lipinski definition) is 3. The van der Waals surface area contributed by atoms with Gasteiger partial charge in [0.2, 0.25) is 0 Å². The lowest BCUT2D eigenvalue weighted by Gasteiger charge is -2.24. The Morgan fingerprint density at radius 2 is 1.85 bits per heavy atom. The van der Waals surface area contributed by atoms with Crippen molar-refractivity contribution in [3.63, 3.8) is 0 Å². The molecule has 3 rings (SSSR count). The van der Waals surface area contributed by atoms with Gasteiger partial charge in [-0.1, -0.05) is 60.3 Å². The summed E-state index contributed by atoms with van der Waals surface area (Å²) in [5.74, 6) is 0.147. The fraction of sp³-hybridized carbons (Fsp3) is 0.118. The van der Waals surface area contributed by atoms with E-state index in [-0.39, 0.29) is 11.2 Å². The molecule has 0 N–H and O–H groups in total. The number of fused-ring (bicyclic) bond motifs is 1. The van der Waals surface area contributed by atoms with Crippen molar-refractivity contribution >= 4 is 23.2 Å². The molecule has 0 aliphatic carbocycles. The average molecular weight is 281 g/mol. The van der Waals surface area contributed by atoms with E-state index in [2.05, 4.69) is 23.6 Å². The number of carbonyl (C=O) groups excluding carboxylic acids is 1. The molecule has 100 valence electrons. The fourth-order valence-electron chi connectivity index (χ4n) is 2.38. The first kappa shape index (κ1) is 13.0. The smallest absolute Gasteiger partial charge is 0.195 e.